The molecule has 32 heavy (non-hydrogen) atoms. The predicted octanol–water partition coefficient (Wildman–Crippen LogP) is 5.12. The fourth-order valence-corrected chi connectivity index (χ4v) is 3.95. The molecular formula is C24H21FN4O2S. The second-order valence-electron chi connectivity index (χ2n) is 7.02. The summed E-state index contributed by atoms with van der Waals surface area (Å²) in [6.45, 7) is 1.95. The second kappa shape index (κ2) is 9.65. The number of amides is 1. The Labute approximate surface area is 189 Å². The van der Waals surface area contributed by atoms with Crippen LogP contribution in [0.15, 0.2) is 78.0 Å². The number of nitrogens with zero attached hydrogens (tertiary/aromatic N) is 3. The van der Waals surface area contributed by atoms with Crippen molar-refractivity contribution < 1.29 is 13.9 Å². The molecular weight excluding hydrogens is 427 g/mol. The third kappa shape index (κ3) is 4.81. The number of thioether (sulfide) groups is 1. The molecule has 1 aromatic heterocycles. The summed E-state index contributed by atoms with van der Waals surface area (Å²) in [5.41, 5.74) is 3.21. The zero-order valence-corrected chi connectivity index (χ0v) is 18.4. The summed E-state index contributed by atoms with van der Waals surface area (Å²) in [5.74, 6) is 0.785. The van der Waals surface area contributed by atoms with Gasteiger partial charge in [0.1, 0.15) is 11.6 Å². The number of ether oxygens (including phenoxy) is 1. The number of carbonyl (C=O) groups is 1. The van der Waals surface area contributed by atoms with Crippen LogP contribution in [0, 0.1) is 12.7 Å². The van der Waals surface area contributed by atoms with Crippen LogP contribution in [0.2, 0.25) is 0 Å². The topological polar surface area (TPSA) is 69.0 Å². The van der Waals surface area contributed by atoms with Crippen molar-refractivity contribution in [3.63, 3.8) is 0 Å². The molecule has 0 radical (unpaired) electrons. The molecule has 0 spiro atoms. The molecule has 162 valence electrons. The molecule has 1 heterocycles. The Hall–Kier alpha value is -3.65. The number of anilines is 1. The number of para-hydroxylation sites is 1. The minimum Gasteiger partial charge on any atom is -0.495 e. The van der Waals surface area contributed by atoms with E-state index in [-0.39, 0.29) is 17.5 Å². The van der Waals surface area contributed by atoms with Crippen molar-refractivity contribution >= 4 is 23.4 Å². The molecule has 0 aliphatic rings. The number of aryl methyl sites for hydroxylation is 1. The van der Waals surface area contributed by atoms with E-state index in [4.69, 9.17) is 4.74 Å². The van der Waals surface area contributed by atoms with Gasteiger partial charge in [0.25, 0.3) is 0 Å². The van der Waals surface area contributed by atoms with E-state index in [1.807, 2.05) is 60.0 Å². The minimum absolute atomic E-state index is 0.130. The highest BCUT2D eigenvalue weighted by atomic mass is 32.2. The maximum Gasteiger partial charge on any atom is 0.234 e. The maximum atomic E-state index is 13.4. The van der Waals surface area contributed by atoms with Crippen molar-refractivity contribution in [1.82, 2.24) is 14.8 Å². The summed E-state index contributed by atoms with van der Waals surface area (Å²) in [7, 11) is 1.56. The summed E-state index contributed by atoms with van der Waals surface area (Å²) in [5, 5.41) is 12.1. The molecule has 1 N–H and O–H groups in total. The largest absolute Gasteiger partial charge is 0.495 e. The quantitative estimate of drug-likeness (QED) is 0.398. The predicted molar refractivity (Wildman–Crippen MR) is 124 cm³/mol. The fourth-order valence-electron chi connectivity index (χ4n) is 3.20. The molecule has 0 saturated carbocycles. The summed E-state index contributed by atoms with van der Waals surface area (Å²) in [4.78, 5) is 12.6. The van der Waals surface area contributed by atoms with Crippen LogP contribution < -0.4 is 10.1 Å². The van der Waals surface area contributed by atoms with Crippen molar-refractivity contribution in [1.29, 1.82) is 0 Å². The van der Waals surface area contributed by atoms with E-state index in [0.717, 1.165) is 16.8 Å². The van der Waals surface area contributed by atoms with Gasteiger partial charge in [0, 0.05) is 11.3 Å². The highest BCUT2D eigenvalue weighted by Crippen LogP contribution is 2.29. The van der Waals surface area contributed by atoms with Crippen LogP contribution in [-0.4, -0.2) is 33.5 Å². The molecule has 0 atom stereocenters. The molecule has 6 nitrogen and oxygen atoms in total. The van der Waals surface area contributed by atoms with Gasteiger partial charge in [-0.3, -0.25) is 9.36 Å². The number of rotatable bonds is 7. The molecule has 0 saturated heterocycles. The average molecular weight is 449 g/mol. The van der Waals surface area contributed by atoms with E-state index < -0.39 is 0 Å². The van der Waals surface area contributed by atoms with Crippen molar-refractivity contribution in [2.75, 3.05) is 18.2 Å². The second-order valence-corrected chi connectivity index (χ2v) is 7.97. The number of hydrogen-bond donors (Lipinski definition) is 1. The standard InChI is InChI=1S/C24H21FN4O2S/c1-16-8-13-21(31-2)20(14-16)26-22(30)15-32-24-28-27-23(17-9-11-18(25)12-10-17)29(24)19-6-4-3-5-7-19/h3-14H,15H2,1-2H3,(H,26,30). The van der Waals surface area contributed by atoms with E-state index in [2.05, 4.69) is 15.5 Å². The van der Waals surface area contributed by atoms with E-state index >= 15 is 0 Å². The van der Waals surface area contributed by atoms with Gasteiger partial charge in [0.2, 0.25) is 5.91 Å². The number of hydrogen-bond acceptors (Lipinski definition) is 5. The van der Waals surface area contributed by atoms with Gasteiger partial charge in [-0.15, -0.1) is 10.2 Å². The third-order valence-corrected chi connectivity index (χ3v) is 5.64. The Morgan fingerprint density at radius 3 is 2.53 bits per heavy atom. The lowest BCUT2D eigenvalue weighted by molar-refractivity contribution is -0.113. The first kappa shape index (κ1) is 21.6. The lowest BCUT2D eigenvalue weighted by atomic mass is 10.2. The molecule has 0 unspecified atom stereocenters. The van der Waals surface area contributed by atoms with E-state index in [1.165, 1.54) is 23.9 Å². The van der Waals surface area contributed by atoms with Gasteiger partial charge in [0.05, 0.1) is 18.6 Å². The monoisotopic (exact) mass is 448 g/mol. The fraction of sp³-hybridized carbons (Fsp3) is 0.125. The molecule has 4 aromatic rings. The van der Waals surface area contributed by atoms with Gasteiger partial charge in [-0.05, 0) is 61.0 Å². The smallest absolute Gasteiger partial charge is 0.234 e. The Kier molecular flexibility index (Phi) is 6.51. The zero-order valence-electron chi connectivity index (χ0n) is 17.6. The molecule has 0 aliphatic carbocycles. The Balaban J connectivity index is 1.58. The van der Waals surface area contributed by atoms with Gasteiger partial charge in [-0.25, -0.2) is 4.39 Å². The van der Waals surface area contributed by atoms with Crippen LogP contribution in [0.25, 0.3) is 17.1 Å². The Morgan fingerprint density at radius 1 is 1.06 bits per heavy atom. The summed E-state index contributed by atoms with van der Waals surface area (Å²) < 4.78 is 20.6. The van der Waals surface area contributed by atoms with Gasteiger partial charge in [-0.1, -0.05) is 36.0 Å². The van der Waals surface area contributed by atoms with Crippen molar-refractivity contribution in [2.45, 2.75) is 12.1 Å². The van der Waals surface area contributed by atoms with Crippen LogP contribution in [-0.2, 0) is 4.79 Å². The van der Waals surface area contributed by atoms with Crippen LogP contribution in [0.3, 0.4) is 0 Å². The lowest BCUT2D eigenvalue weighted by Gasteiger charge is -2.12. The SMILES string of the molecule is COc1ccc(C)cc1NC(=O)CSc1nnc(-c2ccc(F)cc2)n1-c1ccccc1. The maximum absolute atomic E-state index is 13.4. The lowest BCUT2D eigenvalue weighted by Crippen LogP contribution is -2.15. The van der Waals surface area contributed by atoms with Crippen molar-refractivity contribution in [2.24, 2.45) is 0 Å². The van der Waals surface area contributed by atoms with Crippen LogP contribution in [0.1, 0.15) is 5.56 Å². The first-order chi connectivity index (χ1) is 15.5. The van der Waals surface area contributed by atoms with Crippen LogP contribution in [0.5, 0.6) is 5.75 Å². The first-order valence-electron chi connectivity index (χ1n) is 9.89. The van der Waals surface area contributed by atoms with Crippen molar-refractivity contribution in [3.8, 4) is 22.8 Å². The molecule has 1 amide bonds. The normalized spacial score (nSPS) is 10.7. The number of carbonyl (C=O) groups excluding carboxylic acids is 1. The number of methoxy groups -OCH3 is 1. The van der Waals surface area contributed by atoms with E-state index in [1.54, 1.807) is 19.2 Å². The zero-order chi connectivity index (χ0) is 22.5. The van der Waals surface area contributed by atoms with Crippen LogP contribution in [0.4, 0.5) is 10.1 Å². The molecule has 8 heteroatoms. The van der Waals surface area contributed by atoms with E-state index in [9.17, 15) is 9.18 Å². The third-order valence-electron chi connectivity index (χ3n) is 4.71. The summed E-state index contributed by atoms with van der Waals surface area (Å²) >= 11 is 1.27. The first-order valence-corrected chi connectivity index (χ1v) is 10.9. The van der Waals surface area contributed by atoms with Crippen molar-refractivity contribution in [3.05, 3.63) is 84.2 Å². The molecule has 4 rings (SSSR count). The van der Waals surface area contributed by atoms with Gasteiger partial charge >= 0.3 is 0 Å². The van der Waals surface area contributed by atoms with E-state index in [0.29, 0.717) is 22.4 Å². The number of halogens is 1. The number of aromatic nitrogens is 3. The molecule has 0 bridgehead atoms. The van der Waals surface area contributed by atoms with Crippen LogP contribution >= 0.6 is 11.8 Å². The average Bonchev–Trinajstić information content (AvgIpc) is 3.23. The summed E-state index contributed by atoms with van der Waals surface area (Å²) in [6, 6.07) is 21.3. The summed E-state index contributed by atoms with van der Waals surface area (Å²) in [6.07, 6.45) is 0. The van der Waals surface area contributed by atoms with Gasteiger partial charge in [-0.2, -0.15) is 0 Å². The number of benzene rings is 3. The Bertz CT molecular complexity index is 1230. The van der Waals surface area contributed by atoms with Gasteiger partial charge < -0.3 is 10.1 Å². The van der Waals surface area contributed by atoms with Gasteiger partial charge in [0.15, 0.2) is 11.0 Å². The number of nitrogens with one attached hydrogen (secondary N) is 1. The highest BCUT2D eigenvalue weighted by Gasteiger charge is 2.18. The highest BCUT2D eigenvalue weighted by molar-refractivity contribution is 7.99. The molecule has 0 aliphatic heterocycles. The molecule has 0 fully saturated rings. The minimum atomic E-state index is -0.322. The molecule has 3 aromatic carbocycles. The Morgan fingerprint density at radius 2 is 1.81 bits per heavy atom.